The van der Waals surface area contributed by atoms with E-state index < -0.39 is 75.9 Å². The zero-order valence-corrected chi connectivity index (χ0v) is 23.4. The summed E-state index contributed by atoms with van der Waals surface area (Å²) in [5, 5.41) is 0. The van der Waals surface area contributed by atoms with Gasteiger partial charge in [0, 0.05) is 7.11 Å². The first-order valence-corrected chi connectivity index (χ1v) is 15.5. The zero-order chi connectivity index (χ0) is 31.0. The minimum atomic E-state index is -4.83. The summed E-state index contributed by atoms with van der Waals surface area (Å²) in [6, 6.07) is 9.91. The molecule has 3 aromatic carbocycles. The molecular weight excluding hydrogens is 650 g/mol. The summed E-state index contributed by atoms with van der Waals surface area (Å²) in [6.07, 6.45) is -14.4. The van der Waals surface area contributed by atoms with Crippen LogP contribution in [0, 0.1) is 0 Å². The molecule has 0 spiro atoms. The van der Waals surface area contributed by atoms with Gasteiger partial charge in [-0.15, -0.1) is 9.03 Å². The van der Waals surface area contributed by atoms with Gasteiger partial charge in [-0.3, -0.25) is 0 Å². The Morgan fingerprint density at radius 2 is 1.07 bits per heavy atom. The van der Waals surface area contributed by atoms with Crippen LogP contribution in [0.2, 0.25) is 0 Å². The maximum atomic E-state index is 13.3. The van der Waals surface area contributed by atoms with Gasteiger partial charge in [0.1, 0.15) is 17.2 Å². The third kappa shape index (κ3) is 7.90. The van der Waals surface area contributed by atoms with Gasteiger partial charge in [0.05, 0.1) is 16.7 Å². The van der Waals surface area contributed by atoms with Crippen molar-refractivity contribution < 1.29 is 62.5 Å². The van der Waals surface area contributed by atoms with E-state index in [0.29, 0.717) is 30.3 Å². The van der Waals surface area contributed by atoms with Gasteiger partial charge in [-0.05, 0) is 54.6 Å². The van der Waals surface area contributed by atoms with Gasteiger partial charge < -0.3 is 23.0 Å². The van der Waals surface area contributed by atoms with E-state index in [0.717, 1.165) is 49.6 Å². The van der Waals surface area contributed by atoms with E-state index in [-0.39, 0.29) is 0 Å². The van der Waals surface area contributed by atoms with Crippen LogP contribution in [0.15, 0.2) is 86.3 Å². The highest BCUT2D eigenvalue weighted by molar-refractivity contribution is 7.74. The molecule has 1 aliphatic heterocycles. The number of hydrogen-bond donors (Lipinski definition) is 1. The summed E-state index contributed by atoms with van der Waals surface area (Å²) >= 11 is 0. The van der Waals surface area contributed by atoms with Crippen molar-refractivity contribution in [3.8, 4) is 17.2 Å². The van der Waals surface area contributed by atoms with E-state index >= 15 is 0 Å². The van der Waals surface area contributed by atoms with Crippen molar-refractivity contribution in [1.82, 2.24) is 0 Å². The number of alkyl halides is 9. The Kier molecular flexibility index (Phi) is 8.84. The van der Waals surface area contributed by atoms with E-state index in [1.807, 2.05) is 0 Å². The molecule has 4 rings (SSSR count). The van der Waals surface area contributed by atoms with Gasteiger partial charge in [0.15, 0.2) is 0 Å². The molecule has 0 fully saturated rings. The molecule has 0 aliphatic carbocycles. The first kappa shape index (κ1) is 32.0. The fourth-order valence-electron chi connectivity index (χ4n) is 3.22. The normalized spacial score (nSPS) is 20.5. The molecular formula is C22H17F9N3O5P3. The number of hydrogen-bond acceptors (Lipinski definition) is 7. The van der Waals surface area contributed by atoms with Crippen molar-refractivity contribution in [3.05, 3.63) is 89.5 Å². The molecule has 0 amide bonds. The molecule has 0 radical (unpaired) electrons. The molecule has 0 saturated heterocycles. The zero-order valence-electron chi connectivity index (χ0n) is 20.6. The summed E-state index contributed by atoms with van der Waals surface area (Å²) in [4.78, 5) is 10.9. The smallest absolute Gasteiger partial charge is 0.443 e. The molecule has 0 bridgehead atoms. The maximum Gasteiger partial charge on any atom is 0.456 e. The number of nitrogens with zero attached hydrogens (tertiary/aromatic N) is 3. The predicted octanol–water partition coefficient (Wildman–Crippen LogP) is 10.1. The Labute approximate surface area is 232 Å². The van der Waals surface area contributed by atoms with Crippen molar-refractivity contribution >= 4 is 23.4 Å². The van der Waals surface area contributed by atoms with Gasteiger partial charge in [0.25, 0.3) is 0 Å². The Balaban J connectivity index is 1.87. The van der Waals surface area contributed by atoms with Crippen LogP contribution in [0.4, 0.5) is 39.5 Å². The quantitative estimate of drug-likeness (QED) is 0.200. The first-order valence-electron chi connectivity index (χ1n) is 11.1. The van der Waals surface area contributed by atoms with Gasteiger partial charge in [-0.2, -0.15) is 44.0 Å². The highest BCUT2D eigenvalue weighted by atomic mass is 31.3. The van der Waals surface area contributed by atoms with Crippen molar-refractivity contribution in [2.45, 2.75) is 18.5 Å². The molecule has 2 atom stereocenters. The van der Waals surface area contributed by atoms with E-state index in [1.165, 1.54) is 0 Å². The average molecular weight is 667 g/mol. The molecule has 1 N–H and O–H groups in total. The number of halogens is 9. The van der Waals surface area contributed by atoms with Crippen LogP contribution >= 0.6 is 23.4 Å². The second-order valence-electron chi connectivity index (χ2n) is 8.12. The minimum absolute atomic E-state index is 0.424. The number of rotatable bonds is 7. The van der Waals surface area contributed by atoms with Crippen LogP contribution in [0.5, 0.6) is 17.2 Å². The van der Waals surface area contributed by atoms with E-state index in [2.05, 4.69) is 13.5 Å². The third-order valence-electron chi connectivity index (χ3n) is 5.04. The highest BCUT2D eigenvalue weighted by Crippen LogP contribution is 2.72. The third-order valence-corrected chi connectivity index (χ3v) is 12.1. The van der Waals surface area contributed by atoms with Gasteiger partial charge >= 0.3 is 33.8 Å². The van der Waals surface area contributed by atoms with Crippen molar-refractivity contribution in [1.29, 1.82) is 0 Å². The topological polar surface area (TPSA) is 94.2 Å². The Hall–Kier alpha value is -2.96. The predicted molar refractivity (Wildman–Crippen MR) is 135 cm³/mol. The molecule has 228 valence electrons. The SMILES string of the molecule is COP1(O)=NP(Oc2cccc(C(F)(F)F)c2)(Oc2cccc(C(F)(F)F)c2)=N[PH](Oc2cccc(C(F)(F)F)c2)=N1. The number of benzene rings is 3. The standard InChI is InChI=1S/C22H17F9N3O5P3/c1-36-41(35)32-40(37-17-8-2-5-14(11-17)20(23,24)25)33-42(34-41,38-18-9-3-6-15(12-18)21(26,27)28)39-19-10-4-7-16(13-19)22(29,30)31/h2-13,35,40H,1H3. The van der Waals surface area contributed by atoms with E-state index in [1.54, 1.807) is 0 Å². The summed E-state index contributed by atoms with van der Waals surface area (Å²) in [5.41, 5.74) is -3.47. The van der Waals surface area contributed by atoms with Crippen LogP contribution in [0.3, 0.4) is 0 Å². The van der Waals surface area contributed by atoms with Gasteiger partial charge in [-0.25, -0.2) is 0 Å². The fourth-order valence-corrected chi connectivity index (χ4v) is 10.4. The fraction of sp³-hybridized carbons (Fsp3) is 0.182. The van der Waals surface area contributed by atoms with Crippen LogP contribution in [0.25, 0.3) is 0 Å². The summed E-state index contributed by atoms with van der Waals surface area (Å²) in [7, 11) is -11.3. The molecule has 20 heteroatoms. The van der Waals surface area contributed by atoms with Crippen LogP contribution < -0.4 is 13.6 Å². The monoisotopic (exact) mass is 667 g/mol. The van der Waals surface area contributed by atoms with Crippen LogP contribution in [-0.4, -0.2) is 12.0 Å². The maximum absolute atomic E-state index is 13.3. The lowest BCUT2D eigenvalue weighted by Gasteiger charge is -2.27. The van der Waals surface area contributed by atoms with Crippen LogP contribution in [-0.2, 0) is 23.1 Å². The Morgan fingerprint density at radius 3 is 1.48 bits per heavy atom. The first-order chi connectivity index (χ1) is 19.4. The summed E-state index contributed by atoms with van der Waals surface area (Å²) in [6.45, 7) is 0. The van der Waals surface area contributed by atoms with E-state index in [9.17, 15) is 44.4 Å². The highest BCUT2D eigenvalue weighted by Gasteiger charge is 2.39. The largest absolute Gasteiger partial charge is 0.456 e. The van der Waals surface area contributed by atoms with Gasteiger partial charge in [0.2, 0.25) is 8.09 Å². The molecule has 3 aromatic rings. The van der Waals surface area contributed by atoms with E-state index in [4.69, 9.17) is 18.1 Å². The van der Waals surface area contributed by atoms with Gasteiger partial charge in [-0.1, -0.05) is 18.2 Å². The summed E-state index contributed by atoms with van der Waals surface area (Å²) in [5.74, 6) is -1.56. The lowest BCUT2D eigenvalue weighted by Crippen LogP contribution is -2.07. The summed E-state index contributed by atoms with van der Waals surface area (Å²) < 4.78 is 153. The molecule has 1 aliphatic rings. The molecule has 2 unspecified atom stereocenters. The van der Waals surface area contributed by atoms with Crippen LogP contribution in [0.1, 0.15) is 16.7 Å². The molecule has 0 aromatic heterocycles. The van der Waals surface area contributed by atoms with Crippen molar-refractivity contribution in [2.24, 2.45) is 13.5 Å². The molecule has 0 saturated carbocycles. The molecule has 1 heterocycles. The second-order valence-corrected chi connectivity index (χ2v) is 13.9. The average Bonchev–Trinajstić information content (AvgIpc) is 2.87. The second kappa shape index (κ2) is 11.6. The minimum Gasteiger partial charge on any atom is -0.443 e. The van der Waals surface area contributed by atoms with Crippen molar-refractivity contribution in [2.75, 3.05) is 7.11 Å². The van der Waals surface area contributed by atoms with Crippen molar-refractivity contribution in [3.63, 3.8) is 0 Å². The Bertz CT molecular complexity index is 1560. The lowest BCUT2D eigenvalue weighted by atomic mass is 10.2. The molecule has 42 heavy (non-hydrogen) atoms. The molecule has 8 nitrogen and oxygen atoms in total. The lowest BCUT2D eigenvalue weighted by molar-refractivity contribution is -0.138. The Morgan fingerprint density at radius 1 is 0.667 bits per heavy atom.